The second-order valence-electron chi connectivity index (χ2n) is 11.3. The molecule has 42 heavy (non-hydrogen) atoms. The molecule has 4 nitrogen and oxygen atoms in total. The first-order chi connectivity index (χ1) is 20.6. The lowest BCUT2D eigenvalue weighted by molar-refractivity contribution is 0.0524. The van der Waals surface area contributed by atoms with Crippen molar-refractivity contribution >= 4 is 44.4 Å². The van der Waals surface area contributed by atoms with Crippen molar-refractivity contribution in [1.29, 1.82) is 0 Å². The van der Waals surface area contributed by atoms with Gasteiger partial charge in [-0.05, 0) is 71.8 Å². The molecule has 208 valence electrons. The zero-order valence-corrected chi connectivity index (χ0v) is 24.1. The van der Waals surface area contributed by atoms with Crippen molar-refractivity contribution < 1.29 is 9.59 Å². The summed E-state index contributed by atoms with van der Waals surface area (Å²) in [5.74, 6) is -0.333. The second-order valence-corrected chi connectivity index (χ2v) is 11.3. The topological polar surface area (TPSA) is 42.3 Å². The van der Waals surface area contributed by atoms with E-state index in [-0.39, 0.29) is 17.9 Å². The summed E-state index contributed by atoms with van der Waals surface area (Å²) in [6.45, 7) is 4.24. The van der Waals surface area contributed by atoms with Gasteiger partial charge < -0.3 is 4.57 Å². The minimum Gasteiger partial charge on any atom is -0.309 e. The molecule has 0 aliphatic carbocycles. The summed E-state index contributed by atoms with van der Waals surface area (Å²) in [4.78, 5) is 29.2. The zero-order valence-electron chi connectivity index (χ0n) is 24.1. The molecular weight excluding hydrogens is 516 g/mol. The van der Waals surface area contributed by atoms with Gasteiger partial charge in [0.2, 0.25) is 0 Å². The van der Waals surface area contributed by atoms with E-state index < -0.39 is 0 Å². The SMILES string of the molecule is CCCCCC(CC)N1C(=O)c2cccc3c(-c4ccc5c(c4)c4ccccc4n5-c4ccccc4)ccc(c23)C1=O. The highest BCUT2D eigenvalue weighted by Gasteiger charge is 2.37. The number of rotatable bonds is 8. The van der Waals surface area contributed by atoms with Gasteiger partial charge in [-0.15, -0.1) is 0 Å². The van der Waals surface area contributed by atoms with Gasteiger partial charge >= 0.3 is 0 Å². The number of hydrogen-bond acceptors (Lipinski definition) is 2. The standard InChI is InChI=1S/C38H34N2O2/c1-3-5-7-13-26(4-2)40-37(41)31-18-12-17-30-28(21-22-32(36(30)31)38(40)42)25-20-23-35-33(24-25)29-16-10-11-19-34(29)39(35)27-14-8-6-9-15-27/h6,8-12,14-24,26H,3-5,7,13H2,1-2H3. The van der Waals surface area contributed by atoms with Crippen LogP contribution in [0, 0.1) is 0 Å². The highest BCUT2D eigenvalue weighted by atomic mass is 16.2. The molecule has 0 bridgehead atoms. The normalized spacial score (nSPS) is 13.9. The van der Waals surface area contributed by atoms with E-state index in [2.05, 4.69) is 91.2 Å². The summed E-state index contributed by atoms with van der Waals surface area (Å²) in [6.07, 6.45) is 4.85. The molecule has 1 aromatic heterocycles. The fourth-order valence-corrected chi connectivity index (χ4v) is 6.84. The van der Waals surface area contributed by atoms with Crippen LogP contribution in [-0.2, 0) is 0 Å². The lowest BCUT2D eigenvalue weighted by atomic mass is 9.87. The van der Waals surface area contributed by atoms with Crippen LogP contribution in [0.1, 0.15) is 66.7 Å². The third kappa shape index (κ3) is 4.05. The monoisotopic (exact) mass is 550 g/mol. The second kappa shape index (κ2) is 10.6. The number of unbranched alkanes of at least 4 members (excludes halogenated alkanes) is 2. The van der Waals surface area contributed by atoms with Gasteiger partial charge in [0.15, 0.2) is 0 Å². The number of carbonyl (C=O) groups is 2. The van der Waals surface area contributed by atoms with Gasteiger partial charge in [0.1, 0.15) is 0 Å². The number of hydrogen-bond donors (Lipinski definition) is 0. The summed E-state index contributed by atoms with van der Waals surface area (Å²) in [7, 11) is 0. The molecule has 7 rings (SSSR count). The van der Waals surface area contributed by atoms with Gasteiger partial charge in [0.05, 0.1) is 11.0 Å². The van der Waals surface area contributed by atoms with E-state index in [4.69, 9.17) is 0 Å². The number of carbonyl (C=O) groups excluding carboxylic acids is 2. The molecule has 1 aliphatic heterocycles. The maximum absolute atomic E-state index is 13.9. The molecular formula is C38H34N2O2. The fourth-order valence-electron chi connectivity index (χ4n) is 6.84. The highest BCUT2D eigenvalue weighted by Crippen LogP contribution is 2.40. The van der Waals surface area contributed by atoms with Crippen molar-refractivity contribution in [2.75, 3.05) is 0 Å². The summed E-state index contributed by atoms with van der Waals surface area (Å²) in [6, 6.07) is 35.3. The van der Waals surface area contributed by atoms with Gasteiger partial charge in [0.25, 0.3) is 11.8 Å². The average molecular weight is 551 g/mol. The number of imide groups is 1. The minimum atomic E-state index is -0.167. The Morgan fingerprint density at radius 1 is 0.619 bits per heavy atom. The molecule has 1 aliphatic rings. The van der Waals surface area contributed by atoms with E-state index in [0.29, 0.717) is 11.1 Å². The average Bonchev–Trinajstić information content (AvgIpc) is 3.36. The lowest BCUT2D eigenvalue weighted by Gasteiger charge is -2.34. The molecule has 0 saturated carbocycles. The molecule has 5 aromatic carbocycles. The summed E-state index contributed by atoms with van der Waals surface area (Å²) < 4.78 is 2.31. The molecule has 0 N–H and O–H groups in total. The van der Waals surface area contributed by atoms with Gasteiger partial charge in [0, 0.05) is 39.0 Å². The maximum Gasteiger partial charge on any atom is 0.261 e. The van der Waals surface area contributed by atoms with Crippen molar-refractivity contribution in [3.8, 4) is 16.8 Å². The molecule has 0 saturated heterocycles. The van der Waals surface area contributed by atoms with Crippen LogP contribution in [-0.4, -0.2) is 27.3 Å². The molecule has 0 radical (unpaired) electrons. The first-order valence-electron chi connectivity index (χ1n) is 15.1. The van der Waals surface area contributed by atoms with Crippen LogP contribution < -0.4 is 0 Å². The quantitative estimate of drug-likeness (QED) is 0.140. The largest absolute Gasteiger partial charge is 0.309 e. The van der Waals surface area contributed by atoms with Gasteiger partial charge in [-0.25, -0.2) is 0 Å². The Hall–Kier alpha value is -4.70. The molecule has 6 aromatic rings. The van der Waals surface area contributed by atoms with E-state index in [1.54, 1.807) is 0 Å². The number of para-hydroxylation sites is 2. The van der Waals surface area contributed by atoms with E-state index in [1.807, 2.05) is 30.3 Å². The zero-order chi connectivity index (χ0) is 28.8. The number of benzene rings is 5. The van der Waals surface area contributed by atoms with Gasteiger partial charge in [-0.2, -0.15) is 0 Å². The lowest BCUT2D eigenvalue weighted by Crippen LogP contribution is -2.46. The molecule has 2 amide bonds. The van der Waals surface area contributed by atoms with Gasteiger partial charge in [-0.1, -0.05) is 93.8 Å². The predicted molar refractivity (Wildman–Crippen MR) is 172 cm³/mol. The van der Waals surface area contributed by atoms with E-state index in [1.165, 1.54) is 15.7 Å². The molecule has 1 unspecified atom stereocenters. The summed E-state index contributed by atoms with van der Waals surface area (Å²) in [5, 5.41) is 4.08. The smallest absolute Gasteiger partial charge is 0.261 e. The Bertz CT molecular complexity index is 1960. The molecule has 4 heteroatoms. The fraction of sp³-hybridized carbons (Fsp3) is 0.211. The number of nitrogens with zero attached hydrogens (tertiary/aromatic N) is 2. The van der Waals surface area contributed by atoms with E-state index in [0.717, 1.165) is 70.7 Å². The van der Waals surface area contributed by atoms with E-state index in [9.17, 15) is 9.59 Å². The summed E-state index contributed by atoms with van der Waals surface area (Å²) in [5.41, 5.74) is 6.77. The van der Waals surface area contributed by atoms with Crippen LogP contribution in [0.15, 0.2) is 103 Å². The Balaban J connectivity index is 1.37. The van der Waals surface area contributed by atoms with Gasteiger partial charge in [-0.3, -0.25) is 14.5 Å². The third-order valence-corrected chi connectivity index (χ3v) is 8.91. The minimum absolute atomic E-state index is 0.0797. The van der Waals surface area contributed by atoms with Crippen LogP contribution in [0.5, 0.6) is 0 Å². The maximum atomic E-state index is 13.9. The molecule has 1 atom stereocenters. The van der Waals surface area contributed by atoms with Crippen LogP contribution >= 0.6 is 0 Å². The third-order valence-electron chi connectivity index (χ3n) is 8.91. The van der Waals surface area contributed by atoms with Crippen molar-refractivity contribution in [2.24, 2.45) is 0 Å². The number of aromatic nitrogens is 1. The first-order valence-corrected chi connectivity index (χ1v) is 15.1. The molecule has 2 heterocycles. The molecule has 0 spiro atoms. The Morgan fingerprint density at radius 3 is 2.10 bits per heavy atom. The van der Waals surface area contributed by atoms with Crippen molar-refractivity contribution in [2.45, 2.75) is 52.0 Å². The van der Waals surface area contributed by atoms with Crippen molar-refractivity contribution in [3.05, 3.63) is 114 Å². The summed E-state index contributed by atoms with van der Waals surface area (Å²) >= 11 is 0. The Morgan fingerprint density at radius 2 is 1.31 bits per heavy atom. The van der Waals surface area contributed by atoms with Crippen molar-refractivity contribution in [1.82, 2.24) is 9.47 Å². The van der Waals surface area contributed by atoms with Crippen LogP contribution in [0.3, 0.4) is 0 Å². The van der Waals surface area contributed by atoms with Crippen molar-refractivity contribution in [3.63, 3.8) is 0 Å². The number of amides is 2. The Kier molecular flexibility index (Phi) is 6.62. The highest BCUT2D eigenvalue weighted by molar-refractivity contribution is 6.27. The Labute approximate surface area is 246 Å². The predicted octanol–water partition coefficient (Wildman–Crippen LogP) is 9.56. The van der Waals surface area contributed by atoms with Crippen LogP contribution in [0.2, 0.25) is 0 Å². The first kappa shape index (κ1) is 26.2. The van der Waals surface area contributed by atoms with Crippen LogP contribution in [0.4, 0.5) is 0 Å². The molecule has 0 fully saturated rings. The number of fused-ring (bicyclic) bond motifs is 3. The van der Waals surface area contributed by atoms with Crippen LogP contribution in [0.25, 0.3) is 49.4 Å². The van der Waals surface area contributed by atoms with E-state index >= 15 is 0 Å².